The number of rotatable bonds is 2. The summed E-state index contributed by atoms with van der Waals surface area (Å²) in [6, 6.07) is 101. The molecule has 0 saturated heterocycles. The maximum atomic E-state index is 2.72. The summed E-state index contributed by atoms with van der Waals surface area (Å²) in [4.78, 5) is 5.28. The van der Waals surface area contributed by atoms with Crippen LogP contribution in [0.25, 0.3) is 132 Å². The van der Waals surface area contributed by atoms with Crippen molar-refractivity contribution in [2.75, 3.05) is 0 Å². The van der Waals surface area contributed by atoms with Gasteiger partial charge in [-0.1, -0.05) is 275 Å². The molecule has 8 heteroatoms. The molecule has 8 heterocycles. The summed E-state index contributed by atoms with van der Waals surface area (Å²) in [6.07, 6.45) is 0. The average Bonchev–Trinajstić information content (AvgIpc) is 1.52. The van der Waals surface area contributed by atoms with Crippen LogP contribution in [-0.2, 0) is 27.1 Å². The molecule has 24 rings (SSSR count). The first-order chi connectivity index (χ1) is 52.6. The SMILES string of the molecule is CC(C)(C)c1ccc2c(c1)c1cc(C(C)(C)C)cc3c1n2-c1cc(-n2c4ccccc4c4ccccc42)cc2c1B3c1cc3c(cc1S2)C1(c2ccccc2-3)c2ccccc2-c2cc3c(cc21)Sc1cc(-n2c4ccccc4c4ccccc42)cc2c1B3c1cc(C(C)(C)C)cc3c4cc(C(C)(C)C)ccc4n-2c13. The highest BCUT2D eigenvalue weighted by molar-refractivity contribution is 8.00. The largest absolute Gasteiger partial charge is 0.310 e. The Morgan fingerprint density at radius 2 is 0.596 bits per heavy atom. The predicted octanol–water partition coefficient (Wildman–Crippen LogP) is 22.2. The van der Waals surface area contributed by atoms with E-state index in [1.54, 1.807) is 0 Å². The van der Waals surface area contributed by atoms with E-state index in [9.17, 15) is 0 Å². The summed E-state index contributed by atoms with van der Waals surface area (Å²) in [6.45, 7) is 28.5. The van der Waals surface area contributed by atoms with Gasteiger partial charge in [0.1, 0.15) is 0 Å². The Balaban J connectivity index is 0.777. The molecule has 0 radical (unpaired) electrons. The van der Waals surface area contributed by atoms with E-state index in [1.807, 2.05) is 23.5 Å². The molecule has 4 aliphatic heterocycles. The molecule has 0 N–H and O–H groups in total. The van der Waals surface area contributed by atoms with Gasteiger partial charge in [0.05, 0.1) is 38.5 Å². The molecule has 0 fully saturated rings. The number of hydrogen-bond acceptors (Lipinski definition) is 2. The number of benzene rings is 14. The van der Waals surface area contributed by atoms with E-state index in [2.05, 4.69) is 356 Å². The van der Waals surface area contributed by atoms with Gasteiger partial charge >= 0.3 is 0 Å². The summed E-state index contributed by atoms with van der Waals surface area (Å²) in [7, 11) is 0. The minimum Gasteiger partial charge on any atom is -0.310 e. The van der Waals surface area contributed by atoms with E-state index in [1.165, 1.54) is 229 Å². The van der Waals surface area contributed by atoms with Crippen molar-refractivity contribution in [1.82, 2.24) is 18.3 Å². The highest BCUT2D eigenvalue weighted by atomic mass is 32.2. The van der Waals surface area contributed by atoms with Crippen LogP contribution in [0.1, 0.15) is 128 Å². The van der Waals surface area contributed by atoms with Gasteiger partial charge in [-0.25, -0.2) is 0 Å². The molecule has 1 spiro atoms. The van der Waals surface area contributed by atoms with Crippen LogP contribution in [0, 0.1) is 0 Å². The van der Waals surface area contributed by atoms with Crippen molar-refractivity contribution < 1.29 is 0 Å². The van der Waals surface area contributed by atoms with Crippen molar-refractivity contribution in [2.24, 2.45) is 0 Å². The minimum absolute atomic E-state index is 0.0356. The lowest BCUT2D eigenvalue weighted by Gasteiger charge is -2.37. The molecule has 520 valence electrons. The second-order valence-corrected chi connectivity index (χ2v) is 38.5. The lowest BCUT2D eigenvalue weighted by molar-refractivity contribution is 0.590. The van der Waals surface area contributed by atoms with E-state index in [0.29, 0.717) is 0 Å². The molecule has 0 amide bonds. The molecular weight excluding hydrogens is 1350 g/mol. The van der Waals surface area contributed by atoms with Gasteiger partial charge in [-0.05, 0) is 207 Å². The first-order valence-corrected chi connectivity index (χ1v) is 40.7. The Morgan fingerprint density at radius 3 is 0.972 bits per heavy atom. The Bertz CT molecular complexity index is 6760. The molecule has 14 aromatic carbocycles. The minimum atomic E-state index is -0.637. The first-order valence-electron chi connectivity index (χ1n) is 39.1. The summed E-state index contributed by atoms with van der Waals surface area (Å²) in [5, 5.41) is 10.4. The van der Waals surface area contributed by atoms with E-state index in [4.69, 9.17) is 0 Å². The van der Waals surface area contributed by atoms with Gasteiger partial charge in [0.15, 0.2) is 0 Å². The standard InChI is InChI=1S/C101H78B2N4S2/c1-97(2,3)55-37-39-85-69(41-55)71-43-57(99(7,8)9)45-79-95(71)106(85)87-47-59(104-81-33-21-15-27-63(81)64-28-16-22-34-82(64)104)49-91-93(87)102(79)77-51-67-61-25-13-19-31-73(61)101(75(67)53-89(77)108-91)74-32-20-14-26-62(74)68-52-78-90(54-76(68)101)109-92-50-60(105-83-35-23-17-29-65(83)66-30-18-24-36-84(66)105)48-88-94(92)103(78)80-46-58(100(10,11)12)44-72-70-42-56(98(4,5)6)38-40-86(70)107(88)96(72)80/h13-54H,1-12H3. The molecule has 0 atom stereocenters. The maximum absolute atomic E-state index is 2.72. The van der Waals surface area contributed by atoms with Crippen LogP contribution in [0.2, 0.25) is 0 Å². The van der Waals surface area contributed by atoms with Crippen LogP contribution in [0.5, 0.6) is 0 Å². The lowest BCUT2D eigenvalue weighted by atomic mass is 9.35. The number of fused-ring (bicyclic) bond motifs is 30. The number of para-hydroxylation sites is 4. The molecule has 0 unspecified atom stereocenters. The van der Waals surface area contributed by atoms with Crippen molar-refractivity contribution in [3.05, 3.63) is 299 Å². The molecule has 18 aromatic rings. The topological polar surface area (TPSA) is 19.7 Å². The van der Waals surface area contributed by atoms with E-state index < -0.39 is 5.41 Å². The maximum Gasteiger partial charge on any atom is 0.249 e. The summed E-state index contributed by atoms with van der Waals surface area (Å²) < 4.78 is 10.5. The Morgan fingerprint density at radius 1 is 0.257 bits per heavy atom. The average molecular weight is 1430 g/mol. The molecule has 0 bridgehead atoms. The quantitative estimate of drug-likeness (QED) is 0.161. The van der Waals surface area contributed by atoms with Gasteiger partial charge in [-0.2, -0.15) is 0 Å². The van der Waals surface area contributed by atoms with Gasteiger partial charge in [-0.3, -0.25) is 0 Å². The zero-order valence-electron chi connectivity index (χ0n) is 63.5. The zero-order valence-corrected chi connectivity index (χ0v) is 65.1. The lowest BCUT2D eigenvalue weighted by Crippen LogP contribution is -2.59. The molecule has 2 aliphatic carbocycles. The number of hydrogen-bond donors (Lipinski definition) is 0. The van der Waals surface area contributed by atoms with Crippen LogP contribution in [0.15, 0.2) is 274 Å². The number of aromatic nitrogens is 4. The molecule has 6 aliphatic rings. The second kappa shape index (κ2) is 20.9. The summed E-state index contributed by atoms with van der Waals surface area (Å²) in [5.74, 6) is 0. The third kappa shape index (κ3) is 8.11. The highest BCUT2D eigenvalue weighted by Gasteiger charge is 2.55. The van der Waals surface area contributed by atoms with Crippen LogP contribution < -0.4 is 32.8 Å². The predicted molar refractivity (Wildman–Crippen MR) is 465 cm³/mol. The smallest absolute Gasteiger partial charge is 0.249 e. The fraction of sp³-hybridized carbons (Fsp3) is 0.168. The fourth-order valence-corrected chi connectivity index (χ4v) is 23.6. The van der Waals surface area contributed by atoms with Gasteiger partial charge in [0, 0.05) is 96.5 Å². The van der Waals surface area contributed by atoms with E-state index in [-0.39, 0.29) is 35.1 Å². The van der Waals surface area contributed by atoms with Crippen LogP contribution >= 0.6 is 23.5 Å². The molecular formula is C101H78B2N4S2. The molecule has 109 heavy (non-hydrogen) atoms. The monoisotopic (exact) mass is 1430 g/mol. The van der Waals surface area contributed by atoms with E-state index in [0.717, 1.165) is 0 Å². The summed E-state index contributed by atoms with van der Waals surface area (Å²) in [5.41, 5.74) is 38.6. The van der Waals surface area contributed by atoms with Crippen molar-refractivity contribution in [3.63, 3.8) is 0 Å². The van der Waals surface area contributed by atoms with Crippen molar-refractivity contribution >= 4 is 157 Å². The zero-order chi connectivity index (χ0) is 73.3. The third-order valence-electron chi connectivity index (χ3n) is 26.2. The van der Waals surface area contributed by atoms with Gasteiger partial charge in [0.2, 0.25) is 13.4 Å². The van der Waals surface area contributed by atoms with Crippen LogP contribution in [0.4, 0.5) is 0 Å². The van der Waals surface area contributed by atoms with Crippen LogP contribution in [-0.4, -0.2) is 31.7 Å². The van der Waals surface area contributed by atoms with Crippen molar-refractivity contribution in [2.45, 2.75) is 130 Å². The molecule has 0 saturated carbocycles. The number of nitrogens with zero attached hydrogens (tertiary/aromatic N) is 4. The second-order valence-electron chi connectivity index (χ2n) is 36.3. The fourth-order valence-electron chi connectivity index (χ4n) is 21.1. The van der Waals surface area contributed by atoms with Crippen molar-refractivity contribution in [1.29, 1.82) is 0 Å². The van der Waals surface area contributed by atoms with Gasteiger partial charge in [0.25, 0.3) is 0 Å². The summed E-state index contributed by atoms with van der Waals surface area (Å²) >= 11 is 4.00. The van der Waals surface area contributed by atoms with Gasteiger partial charge < -0.3 is 18.3 Å². The van der Waals surface area contributed by atoms with Crippen molar-refractivity contribution in [3.8, 4) is 45.0 Å². The third-order valence-corrected chi connectivity index (χ3v) is 28.5. The Kier molecular flexibility index (Phi) is 12.1. The highest BCUT2D eigenvalue weighted by Crippen LogP contribution is 2.64. The Hall–Kier alpha value is -10.9. The molecule has 4 aromatic heterocycles. The normalized spacial score (nSPS) is 14.8. The first kappa shape index (κ1) is 63.1. The Labute approximate surface area is 644 Å². The molecule has 4 nitrogen and oxygen atoms in total. The van der Waals surface area contributed by atoms with Crippen LogP contribution in [0.3, 0.4) is 0 Å². The van der Waals surface area contributed by atoms with E-state index >= 15 is 0 Å². The van der Waals surface area contributed by atoms with Gasteiger partial charge in [-0.15, -0.1) is 0 Å².